The second-order valence-electron chi connectivity index (χ2n) is 15.5. The van der Waals surface area contributed by atoms with Crippen LogP contribution >= 0.6 is 0 Å². The molecule has 3 saturated carbocycles. The normalized spacial score (nSPS) is 27.4. The van der Waals surface area contributed by atoms with Crippen molar-refractivity contribution in [3.63, 3.8) is 0 Å². The second-order valence-corrected chi connectivity index (χ2v) is 15.5. The van der Waals surface area contributed by atoms with E-state index in [4.69, 9.17) is 0 Å². The molecule has 0 amide bonds. The predicted octanol–water partition coefficient (Wildman–Crippen LogP) is 15.4. The van der Waals surface area contributed by atoms with E-state index >= 15 is 0 Å². The Morgan fingerprint density at radius 3 is 0.333 bits per heavy atom. The van der Waals surface area contributed by atoms with Gasteiger partial charge in [-0.3, -0.25) is 0 Å². The van der Waals surface area contributed by atoms with Crippen LogP contribution in [0.15, 0.2) is 0 Å². The molecule has 0 aliphatic heterocycles. The van der Waals surface area contributed by atoms with E-state index < -0.39 is 0 Å². The Hall–Kier alpha value is 0. The number of hydrogen-bond acceptors (Lipinski definition) is 0. The van der Waals surface area contributed by atoms with Gasteiger partial charge >= 0.3 is 0 Å². The summed E-state index contributed by atoms with van der Waals surface area (Å²) in [5.41, 5.74) is 0. The molecule has 0 N–H and O–H groups in total. The average Bonchev–Trinajstić information content (AvgIpc) is 3.01. The summed E-state index contributed by atoms with van der Waals surface area (Å²) < 4.78 is 0. The number of hydrogen-bond donors (Lipinski definition) is 0. The Morgan fingerprint density at radius 2 is 0.286 bits per heavy atom. The first-order chi connectivity index (χ1) is 19.8. The molecule has 3 fully saturated rings. The van der Waals surface area contributed by atoms with Crippen LogP contribution in [0.4, 0.5) is 0 Å². The van der Waals surface area contributed by atoms with E-state index in [-0.39, 0.29) is 0 Å². The Balaban J connectivity index is -0.000000497. The maximum atomic E-state index is 2.38. The van der Waals surface area contributed by atoms with Gasteiger partial charge in [-0.1, -0.05) is 125 Å². The van der Waals surface area contributed by atoms with Crippen LogP contribution in [0.1, 0.15) is 202 Å². The van der Waals surface area contributed by atoms with Gasteiger partial charge in [0.15, 0.2) is 0 Å². The van der Waals surface area contributed by atoms with Crippen molar-refractivity contribution in [1.82, 2.24) is 0 Å². The Morgan fingerprint density at radius 1 is 0.214 bits per heavy atom. The molecule has 0 bridgehead atoms. The van der Waals surface area contributed by atoms with Gasteiger partial charge in [-0.05, 0) is 148 Å². The topological polar surface area (TPSA) is 0 Å². The lowest BCUT2D eigenvalue weighted by atomic mass is 9.73. The molecule has 0 radical (unpaired) electrons. The zero-order valence-electron chi connectivity index (χ0n) is 33.4. The van der Waals surface area contributed by atoms with Crippen molar-refractivity contribution < 1.29 is 0 Å². The van der Waals surface area contributed by atoms with Crippen LogP contribution < -0.4 is 0 Å². The highest BCUT2D eigenvalue weighted by Crippen LogP contribution is 2.38. The van der Waals surface area contributed by atoms with Gasteiger partial charge in [0.2, 0.25) is 0 Å². The van der Waals surface area contributed by atoms with Gasteiger partial charge in [0.25, 0.3) is 0 Å². The smallest absolute Gasteiger partial charge is 0.0391 e. The van der Waals surface area contributed by atoms with E-state index in [1.807, 2.05) is 41.5 Å². The van der Waals surface area contributed by atoms with Crippen LogP contribution in [-0.2, 0) is 0 Å². The third-order valence-corrected chi connectivity index (χ3v) is 11.1. The summed E-state index contributed by atoms with van der Waals surface area (Å²) in [6.45, 7) is 40.5. The van der Waals surface area contributed by atoms with Gasteiger partial charge in [0, 0.05) is 0 Å². The van der Waals surface area contributed by atoms with Gasteiger partial charge in [-0.2, -0.15) is 0 Å². The molecule has 3 aliphatic carbocycles. The standard InChI is InChI=1S/3C12H24.3C2H6/c3*1-9(2)11-5-7-12(8-6-11)10(3)4;3*1-2/h3*9-12H,5-8H2,1-4H3;3*1-2H3. The molecule has 3 rings (SSSR count). The molecule has 0 aromatic rings. The van der Waals surface area contributed by atoms with Gasteiger partial charge < -0.3 is 0 Å². The van der Waals surface area contributed by atoms with E-state index in [0.717, 1.165) is 71.0 Å². The van der Waals surface area contributed by atoms with Crippen molar-refractivity contribution in [3.05, 3.63) is 0 Å². The lowest BCUT2D eigenvalue weighted by Crippen LogP contribution is -2.21. The molecule has 258 valence electrons. The highest BCUT2D eigenvalue weighted by atomic mass is 14.3. The quantitative estimate of drug-likeness (QED) is 0.287. The van der Waals surface area contributed by atoms with Gasteiger partial charge in [0.1, 0.15) is 0 Å². The zero-order chi connectivity index (χ0) is 33.4. The van der Waals surface area contributed by atoms with Crippen LogP contribution in [0.3, 0.4) is 0 Å². The molecular formula is C42H90. The summed E-state index contributed by atoms with van der Waals surface area (Å²) in [4.78, 5) is 0. The fraction of sp³-hybridized carbons (Fsp3) is 1.00. The zero-order valence-corrected chi connectivity index (χ0v) is 33.4. The molecule has 0 atom stereocenters. The van der Waals surface area contributed by atoms with E-state index in [9.17, 15) is 0 Å². The van der Waals surface area contributed by atoms with E-state index in [1.165, 1.54) is 77.0 Å². The van der Waals surface area contributed by atoms with E-state index in [2.05, 4.69) is 83.1 Å². The summed E-state index contributed by atoms with van der Waals surface area (Å²) in [5, 5.41) is 0. The van der Waals surface area contributed by atoms with Crippen LogP contribution in [-0.4, -0.2) is 0 Å². The Labute approximate surface area is 272 Å². The summed E-state index contributed by atoms with van der Waals surface area (Å²) in [6, 6.07) is 0. The molecule has 0 aromatic carbocycles. The molecule has 42 heavy (non-hydrogen) atoms. The first-order valence-electron chi connectivity index (χ1n) is 19.8. The SMILES string of the molecule is CC.CC.CC.CC(C)C1CCC(C(C)C)CC1.CC(C)C1CCC(C(C)C)CC1.CC(C)C1CCC(C(C)C)CC1. The van der Waals surface area contributed by atoms with Crippen LogP contribution in [0.5, 0.6) is 0 Å². The van der Waals surface area contributed by atoms with E-state index in [1.54, 1.807) is 0 Å². The van der Waals surface area contributed by atoms with Crippen LogP contribution in [0, 0.1) is 71.0 Å². The van der Waals surface area contributed by atoms with Crippen molar-refractivity contribution in [1.29, 1.82) is 0 Å². The third kappa shape index (κ3) is 20.9. The first-order valence-corrected chi connectivity index (χ1v) is 19.8. The molecular weight excluding hydrogens is 504 g/mol. The minimum atomic E-state index is 0.915. The highest BCUT2D eigenvalue weighted by molar-refractivity contribution is 4.77. The molecule has 0 heteroatoms. The highest BCUT2D eigenvalue weighted by Gasteiger charge is 2.26. The molecule has 0 saturated heterocycles. The van der Waals surface area contributed by atoms with Crippen molar-refractivity contribution in [2.24, 2.45) is 71.0 Å². The third-order valence-electron chi connectivity index (χ3n) is 11.1. The second kappa shape index (κ2) is 28.5. The van der Waals surface area contributed by atoms with Gasteiger partial charge in [-0.15, -0.1) is 0 Å². The van der Waals surface area contributed by atoms with Crippen molar-refractivity contribution >= 4 is 0 Å². The fourth-order valence-electron chi connectivity index (χ4n) is 7.43. The molecule has 0 spiro atoms. The molecule has 0 aromatic heterocycles. The molecule has 0 unspecified atom stereocenters. The molecule has 0 heterocycles. The first kappa shape index (κ1) is 46.4. The molecule has 3 aliphatic rings. The van der Waals surface area contributed by atoms with Gasteiger partial charge in [-0.25, -0.2) is 0 Å². The number of rotatable bonds is 6. The van der Waals surface area contributed by atoms with Crippen molar-refractivity contribution in [3.8, 4) is 0 Å². The lowest BCUT2D eigenvalue weighted by Gasteiger charge is -2.32. The lowest BCUT2D eigenvalue weighted by molar-refractivity contribution is 0.189. The van der Waals surface area contributed by atoms with E-state index in [0.29, 0.717) is 0 Å². The maximum absolute atomic E-state index is 2.38. The fourth-order valence-corrected chi connectivity index (χ4v) is 7.43. The monoisotopic (exact) mass is 595 g/mol. The maximum Gasteiger partial charge on any atom is -0.0391 e. The predicted molar refractivity (Wildman–Crippen MR) is 199 cm³/mol. The summed E-state index contributed by atoms with van der Waals surface area (Å²) >= 11 is 0. The average molecular weight is 595 g/mol. The largest absolute Gasteiger partial charge is 0.0683 e. The summed E-state index contributed by atoms with van der Waals surface area (Å²) in [5.74, 6) is 11.7. The minimum Gasteiger partial charge on any atom is -0.0683 e. The minimum absolute atomic E-state index is 0.915. The summed E-state index contributed by atoms with van der Waals surface area (Å²) in [6.07, 6.45) is 17.8. The molecule has 0 nitrogen and oxygen atoms in total. The van der Waals surface area contributed by atoms with Crippen LogP contribution in [0.25, 0.3) is 0 Å². The van der Waals surface area contributed by atoms with Crippen molar-refractivity contribution in [2.75, 3.05) is 0 Å². The van der Waals surface area contributed by atoms with Crippen molar-refractivity contribution in [2.45, 2.75) is 202 Å². The van der Waals surface area contributed by atoms with Gasteiger partial charge in [0.05, 0.1) is 0 Å². The Bertz CT molecular complexity index is 376. The summed E-state index contributed by atoms with van der Waals surface area (Å²) in [7, 11) is 0. The van der Waals surface area contributed by atoms with Crippen LogP contribution in [0.2, 0.25) is 0 Å². The Kier molecular flexibility index (Phi) is 31.5.